The average molecular weight is 341 g/mol. The molecule has 1 aromatic rings. The van der Waals surface area contributed by atoms with Crippen molar-refractivity contribution >= 4 is 11.9 Å². The van der Waals surface area contributed by atoms with E-state index in [9.17, 15) is 9.59 Å². The van der Waals surface area contributed by atoms with E-state index in [1.165, 1.54) is 19.3 Å². The van der Waals surface area contributed by atoms with Gasteiger partial charge >= 0.3 is 5.97 Å². The number of amides is 1. The summed E-state index contributed by atoms with van der Waals surface area (Å²) in [6.07, 6.45) is 6.82. The number of rotatable bonds is 5. The number of carbonyl (C=O) groups is 2. The summed E-state index contributed by atoms with van der Waals surface area (Å²) in [5.41, 5.74) is 0.868. The molecule has 4 nitrogen and oxygen atoms in total. The van der Waals surface area contributed by atoms with Crippen molar-refractivity contribution in [2.45, 2.75) is 63.5 Å². The van der Waals surface area contributed by atoms with Crippen LogP contribution in [0.3, 0.4) is 0 Å². The molecule has 4 aliphatic rings. The van der Waals surface area contributed by atoms with E-state index >= 15 is 0 Å². The van der Waals surface area contributed by atoms with Crippen LogP contribution < -0.4 is 5.32 Å². The first-order valence-electron chi connectivity index (χ1n) is 9.57. The molecular formula is C21H27NO3. The fraction of sp³-hybridized carbons (Fsp3) is 0.619. The van der Waals surface area contributed by atoms with Crippen molar-refractivity contribution in [3.8, 4) is 0 Å². The van der Waals surface area contributed by atoms with Gasteiger partial charge in [0, 0.05) is 5.54 Å². The van der Waals surface area contributed by atoms with Crippen LogP contribution in [0.5, 0.6) is 0 Å². The lowest BCUT2D eigenvalue weighted by atomic mass is 9.53. The molecule has 0 saturated heterocycles. The third-order valence-electron chi connectivity index (χ3n) is 6.30. The fourth-order valence-corrected chi connectivity index (χ4v) is 5.68. The maximum atomic E-state index is 12.6. The molecule has 0 heterocycles. The van der Waals surface area contributed by atoms with Gasteiger partial charge in [-0.25, -0.2) is 0 Å². The van der Waals surface area contributed by atoms with Crippen molar-refractivity contribution < 1.29 is 14.3 Å². The summed E-state index contributed by atoms with van der Waals surface area (Å²) >= 11 is 0. The summed E-state index contributed by atoms with van der Waals surface area (Å²) in [4.78, 5) is 24.7. The highest BCUT2D eigenvalue weighted by Crippen LogP contribution is 2.55. The molecule has 25 heavy (non-hydrogen) atoms. The highest BCUT2D eigenvalue weighted by atomic mass is 16.5. The SMILES string of the molecule is CC(OC(=O)Cc1ccccc1)C(=O)NC12CC3CC(CC(C3)C1)C2. The van der Waals surface area contributed by atoms with Crippen LogP contribution in [0.25, 0.3) is 0 Å². The molecule has 0 radical (unpaired) electrons. The highest BCUT2D eigenvalue weighted by molar-refractivity contribution is 5.84. The summed E-state index contributed by atoms with van der Waals surface area (Å²) in [7, 11) is 0. The van der Waals surface area contributed by atoms with Crippen molar-refractivity contribution in [1.82, 2.24) is 5.32 Å². The third kappa shape index (κ3) is 3.58. The molecule has 1 atom stereocenters. The molecule has 4 saturated carbocycles. The predicted molar refractivity (Wildman–Crippen MR) is 94.7 cm³/mol. The van der Waals surface area contributed by atoms with E-state index in [-0.39, 0.29) is 23.8 Å². The zero-order valence-corrected chi connectivity index (χ0v) is 14.9. The molecular weight excluding hydrogens is 314 g/mol. The molecule has 5 rings (SSSR count). The smallest absolute Gasteiger partial charge is 0.311 e. The minimum absolute atomic E-state index is 0.0358. The Morgan fingerprint density at radius 1 is 1.08 bits per heavy atom. The monoisotopic (exact) mass is 341 g/mol. The molecule has 134 valence electrons. The lowest BCUT2D eigenvalue weighted by Gasteiger charge is -2.57. The van der Waals surface area contributed by atoms with Crippen LogP contribution in [-0.4, -0.2) is 23.5 Å². The van der Waals surface area contributed by atoms with Crippen molar-refractivity contribution in [2.75, 3.05) is 0 Å². The molecule has 1 N–H and O–H groups in total. The molecule has 4 aliphatic carbocycles. The second kappa shape index (κ2) is 6.47. The summed E-state index contributed by atoms with van der Waals surface area (Å²) in [5, 5.41) is 3.28. The van der Waals surface area contributed by atoms with Gasteiger partial charge in [-0.3, -0.25) is 9.59 Å². The van der Waals surface area contributed by atoms with Crippen LogP contribution >= 0.6 is 0 Å². The Hall–Kier alpha value is -1.84. The van der Waals surface area contributed by atoms with Crippen LogP contribution in [0, 0.1) is 17.8 Å². The zero-order valence-electron chi connectivity index (χ0n) is 14.9. The zero-order chi connectivity index (χ0) is 17.4. The molecule has 0 aromatic heterocycles. The van der Waals surface area contributed by atoms with Gasteiger partial charge in [0.15, 0.2) is 6.10 Å². The largest absolute Gasteiger partial charge is 0.452 e. The van der Waals surface area contributed by atoms with Gasteiger partial charge in [0.05, 0.1) is 6.42 Å². The third-order valence-corrected chi connectivity index (χ3v) is 6.30. The van der Waals surface area contributed by atoms with Gasteiger partial charge < -0.3 is 10.1 Å². The molecule has 1 aromatic carbocycles. The van der Waals surface area contributed by atoms with Crippen molar-refractivity contribution in [3.05, 3.63) is 35.9 Å². The molecule has 1 unspecified atom stereocenters. The van der Waals surface area contributed by atoms with Crippen LogP contribution in [0.4, 0.5) is 0 Å². The Labute approximate surface area is 149 Å². The topological polar surface area (TPSA) is 55.4 Å². The molecule has 4 bridgehead atoms. The number of carbonyl (C=O) groups excluding carboxylic acids is 2. The lowest BCUT2D eigenvalue weighted by molar-refractivity contribution is -0.156. The van der Waals surface area contributed by atoms with Gasteiger partial charge in [-0.2, -0.15) is 0 Å². The van der Waals surface area contributed by atoms with Gasteiger partial charge in [-0.1, -0.05) is 30.3 Å². The van der Waals surface area contributed by atoms with Gasteiger partial charge in [-0.15, -0.1) is 0 Å². The first-order valence-corrected chi connectivity index (χ1v) is 9.57. The maximum absolute atomic E-state index is 12.6. The van der Waals surface area contributed by atoms with Crippen LogP contribution in [0.1, 0.15) is 51.0 Å². The lowest BCUT2D eigenvalue weighted by Crippen LogP contribution is -2.61. The summed E-state index contributed by atoms with van der Waals surface area (Å²) < 4.78 is 5.38. The first-order chi connectivity index (χ1) is 12.0. The van der Waals surface area contributed by atoms with Crippen molar-refractivity contribution in [3.63, 3.8) is 0 Å². The number of benzene rings is 1. The number of nitrogens with one attached hydrogen (secondary N) is 1. The summed E-state index contributed by atoms with van der Waals surface area (Å²) in [5.74, 6) is 1.86. The van der Waals surface area contributed by atoms with E-state index < -0.39 is 6.10 Å². The Kier molecular flexibility index (Phi) is 4.30. The van der Waals surface area contributed by atoms with E-state index in [0.717, 1.165) is 42.6 Å². The minimum atomic E-state index is -0.732. The van der Waals surface area contributed by atoms with Crippen LogP contribution in [0.15, 0.2) is 30.3 Å². The molecule has 4 heteroatoms. The predicted octanol–water partition coefficient (Wildman–Crippen LogP) is 3.25. The quantitative estimate of drug-likeness (QED) is 0.837. The Morgan fingerprint density at radius 3 is 2.20 bits per heavy atom. The van der Waals surface area contributed by atoms with Gasteiger partial charge in [0.25, 0.3) is 5.91 Å². The fourth-order valence-electron chi connectivity index (χ4n) is 5.68. The van der Waals surface area contributed by atoms with E-state index in [2.05, 4.69) is 5.32 Å². The minimum Gasteiger partial charge on any atom is -0.452 e. The van der Waals surface area contributed by atoms with E-state index in [0.29, 0.717) is 0 Å². The number of hydrogen-bond acceptors (Lipinski definition) is 3. The van der Waals surface area contributed by atoms with Crippen LogP contribution in [0.2, 0.25) is 0 Å². The normalized spacial score (nSPS) is 33.7. The van der Waals surface area contributed by atoms with Crippen molar-refractivity contribution in [2.24, 2.45) is 17.8 Å². The molecule has 4 fully saturated rings. The molecule has 1 amide bonds. The van der Waals surface area contributed by atoms with Gasteiger partial charge in [0.2, 0.25) is 0 Å². The molecule has 0 spiro atoms. The summed E-state index contributed by atoms with van der Waals surface area (Å²) in [6.45, 7) is 1.68. The van der Waals surface area contributed by atoms with E-state index in [4.69, 9.17) is 4.74 Å². The Morgan fingerprint density at radius 2 is 1.64 bits per heavy atom. The number of ether oxygens (including phenoxy) is 1. The van der Waals surface area contributed by atoms with Crippen LogP contribution in [-0.2, 0) is 20.7 Å². The number of hydrogen-bond donors (Lipinski definition) is 1. The van der Waals surface area contributed by atoms with E-state index in [1.807, 2.05) is 30.3 Å². The van der Waals surface area contributed by atoms with Gasteiger partial charge in [0.1, 0.15) is 0 Å². The number of esters is 1. The average Bonchev–Trinajstić information content (AvgIpc) is 2.53. The standard InChI is InChI=1S/C21H27NO3/c1-14(25-19(23)10-15-5-3-2-4-6-15)20(24)22-21-11-16-7-17(12-21)9-18(8-16)13-21/h2-6,14,16-18H,7-13H2,1H3,(H,22,24). The maximum Gasteiger partial charge on any atom is 0.311 e. The van der Waals surface area contributed by atoms with Gasteiger partial charge in [-0.05, 0) is 68.8 Å². The second-order valence-corrected chi connectivity index (χ2v) is 8.48. The Bertz CT molecular complexity index is 619. The first kappa shape index (κ1) is 16.6. The van der Waals surface area contributed by atoms with E-state index in [1.54, 1.807) is 6.92 Å². The van der Waals surface area contributed by atoms with Crippen molar-refractivity contribution in [1.29, 1.82) is 0 Å². The highest BCUT2D eigenvalue weighted by Gasteiger charge is 2.51. The summed E-state index contributed by atoms with van der Waals surface area (Å²) in [6, 6.07) is 9.48. The second-order valence-electron chi connectivity index (χ2n) is 8.48. The Balaban J connectivity index is 1.32. The molecule has 0 aliphatic heterocycles.